The molecule has 2 aromatic carbocycles. The van der Waals surface area contributed by atoms with Crippen molar-refractivity contribution in [2.75, 3.05) is 0 Å². The van der Waals surface area contributed by atoms with Crippen LogP contribution >= 0.6 is 0 Å². The first-order chi connectivity index (χ1) is 11.5. The predicted octanol–water partition coefficient (Wildman–Crippen LogP) is 3.41. The molecular weight excluding hydrogens is 304 g/mol. The first-order valence-electron chi connectivity index (χ1n) is 7.73. The van der Waals surface area contributed by atoms with Gasteiger partial charge in [-0.2, -0.15) is 0 Å². The average Bonchev–Trinajstić information content (AvgIpc) is 2.62. The molecule has 0 saturated heterocycles. The smallest absolute Gasteiger partial charge is 0.351 e. The van der Waals surface area contributed by atoms with Crippen molar-refractivity contribution in [2.45, 2.75) is 25.4 Å². The Kier molecular flexibility index (Phi) is 5.66. The molecule has 24 heavy (non-hydrogen) atoms. The van der Waals surface area contributed by atoms with E-state index >= 15 is 0 Å². The number of benzene rings is 2. The molecule has 4 nitrogen and oxygen atoms in total. The summed E-state index contributed by atoms with van der Waals surface area (Å²) in [6, 6.07) is 17.5. The number of carbonyl (C=O) groups is 2. The molecule has 0 amide bonds. The highest BCUT2D eigenvalue weighted by Crippen LogP contribution is 2.27. The maximum absolute atomic E-state index is 12.5. The Bertz CT molecular complexity index is 722. The summed E-state index contributed by atoms with van der Waals surface area (Å²) in [5.41, 5.74) is -1.01. The first-order valence-corrected chi connectivity index (χ1v) is 7.73. The van der Waals surface area contributed by atoms with E-state index in [4.69, 9.17) is 4.74 Å². The molecule has 0 radical (unpaired) electrons. The fourth-order valence-electron chi connectivity index (χ4n) is 2.34. The molecule has 1 N–H and O–H groups in total. The maximum Gasteiger partial charge on any atom is 0.351 e. The second-order valence-corrected chi connectivity index (χ2v) is 5.49. The van der Waals surface area contributed by atoms with Gasteiger partial charge in [0.1, 0.15) is 5.75 Å². The van der Waals surface area contributed by atoms with E-state index in [2.05, 4.69) is 6.58 Å². The normalized spacial score (nSPS) is 12.9. The standard InChI is InChI=1S/C20H20O4/c1-3-18(21)20(23,14-15(2)16-10-6-4-7-11-16)19(22)24-17-12-8-5-9-13-17/h4-13,23H,2-3,14H2,1H3/t20-/m0/s1. The lowest BCUT2D eigenvalue weighted by molar-refractivity contribution is -0.162. The third-order valence-electron chi connectivity index (χ3n) is 3.73. The average molecular weight is 324 g/mol. The molecular formula is C20H20O4. The Morgan fingerprint density at radius 3 is 2.12 bits per heavy atom. The van der Waals surface area contributed by atoms with E-state index in [0.29, 0.717) is 5.57 Å². The summed E-state index contributed by atoms with van der Waals surface area (Å²) in [6.45, 7) is 5.49. The second kappa shape index (κ2) is 7.70. The number of rotatable bonds is 7. The third-order valence-corrected chi connectivity index (χ3v) is 3.73. The summed E-state index contributed by atoms with van der Waals surface area (Å²) in [6.07, 6.45) is -0.197. The molecule has 0 spiro atoms. The summed E-state index contributed by atoms with van der Waals surface area (Å²) < 4.78 is 5.19. The van der Waals surface area contributed by atoms with Crippen molar-refractivity contribution in [3.05, 3.63) is 72.8 Å². The van der Waals surface area contributed by atoms with Gasteiger partial charge in [-0.3, -0.25) is 4.79 Å². The SMILES string of the molecule is C=C(C[C@](O)(C(=O)CC)C(=O)Oc1ccccc1)c1ccccc1. The zero-order valence-corrected chi connectivity index (χ0v) is 13.6. The minimum absolute atomic E-state index is 0.0163. The Morgan fingerprint density at radius 2 is 1.58 bits per heavy atom. The highest BCUT2D eigenvalue weighted by atomic mass is 16.6. The molecule has 0 aromatic heterocycles. The maximum atomic E-state index is 12.5. The number of hydrogen-bond donors (Lipinski definition) is 1. The molecule has 2 rings (SSSR count). The van der Waals surface area contributed by atoms with Gasteiger partial charge in [-0.15, -0.1) is 0 Å². The highest BCUT2D eigenvalue weighted by Gasteiger charge is 2.45. The summed E-state index contributed by atoms with van der Waals surface area (Å²) in [5.74, 6) is -1.31. The minimum atomic E-state index is -2.25. The van der Waals surface area contributed by atoms with E-state index in [9.17, 15) is 14.7 Å². The van der Waals surface area contributed by atoms with Crippen molar-refractivity contribution in [2.24, 2.45) is 0 Å². The Labute approximate surface area is 141 Å². The summed E-state index contributed by atoms with van der Waals surface area (Å²) in [5, 5.41) is 10.8. The molecule has 0 bridgehead atoms. The van der Waals surface area contributed by atoms with Crippen molar-refractivity contribution in [1.82, 2.24) is 0 Å². The van der Waals surface area contributed by atoms with Crippen molar-refractivity contribution in [3.63, 3.8) is 0 Å². The van der Waals surface area contributed by atoms with Gasteiger partial charge in [0, 0.05) is 12.8 Å². The van der Waals surface area contributed by atoms with Gasteiger partial charge in [0.25, 0.3) is 0 Å². The van der Waals surface area contributed by atoms with Crippen LogP contribution in [0.15, 0.2) is 67.2 Å². The van der Waals surface area contributed by atoms with E-state index in [1.165, 1.54) is 0 Å². The number of ether oxygens (including phenoxy) is 1. The quantitative estimate of drug-likeness (QED) is 0.481. The highest BCUT2D eigenvalue weighted by molar-refractivity contribution is 6.08. The van der Waals surface area contributed by atoms with Crippen molar-refractivity contribution in [3.8, 4) is 5.75 Å². The molecule has 0 aliphatic rings. The van der Waals surface area contributed by atoms with Gasteiger partial charge in [0.05, 0.1) is 0 Å². The van der Waals surface area contributed by atoms with Gasteiger partial charge >= 0.3 is 5.97 Å². The minimum Gasteiger partial charge on any atom is -0.424 e. The van der Waals surface area contributed by atoms with E-state index < -0.39 is 17.4 Å². The molecule has 0 aliphatic carbocycles. The number of para-hydroxylation sites is 1. The fourth-order valence-corrected chi connectivity index (χ4v) is 2.34. The molecule has 1 atom stereocenters. The lowest BCUT2D eigenvalue weighted by Crippen LogP contribution is -2.49. The molecule has 124 valence electrons. The summed E-state index contributed by atoms with van der Waals surface area (Å²) >= 11 is 0. The van der Waals surface area contributed by atoms with Crippen LogP contribution in [0.1, 0.15) is 25.3 Å². The fraction of sp³-hybridized carbons (Fsp3) is 0.200. The van der Waals surface area contributed by atoms with Crippen LogP contribution in [0, 0.1) is 0 Å². The lowest BCUT2D eigenvalue weighted by atomic mass is 9.87. The van der Waals surface area contributed by atoms with Gasteiger partial charge in [-0.05, 0) is 23.3 Å². The number of esters is 1. The van der Waals surface area contributed by atoms with E-state index in [-0.39, 0.29) is 18.6 Å². The first kappa shape index (κ1) is 17.6. The molecule has 0 fully saturated rings. The molecule has 0 saturated carbocycles. The van der Waals surface area contributed by atoms with Crippen LogP contribution in [0.3, 0.4) is 0 Å². The molecule has 0 heterocycles. The largest absolute Gasteiger partial charge is 0.424 e. The Hall–Kier alpha value is -2.72. The molecule has 4 heteroatoms. The van der Waals surface area contributed by atoms with E-state index in [0.717, 1.165) is 5.56 Å². The van der Waals surface area contributed by atoms with Gasteiger partial charge in [0.15, 0.2) is 5.78 Å². The van der Waals surface area contributed by atoms with Crippen LogP contribution in [-0.2, 0) is 9.59 Å². The van der Waals surface area contributed by atoms with Gasteiger partial charge in [0.2, 0.25) is 5.60 Å². The predicted molar refractivity (Wildman–Crippen MR) is 92.4 cm³/mol. The van der Waals surface area contributed by atoms with E-state index in [1.807, 2.05) is 30.3 Å². The third kappa shape index (κ3) is 3.97. The van der Waals surface area contributed by atoms with Crippen LogP contribution < -0.4 is 4.74 Å². The second-order valence-electron chi connectivity index (χ2n) is 5.49. The van der Waals surface area contributed by atoms with Crippen LogP contribution in [0.2, 0.25) is 0 Å². The number of ketones is 1. The number of aliphatic hydroxyl groups is 1. The number of carbonyl (C=O) groups excluding carboxylic acids is 2. The van der Waals surface area contributed by atoms with Crippen molar-refractivity contribution >= 4 is 17.3 Å². The topological polar surface area (TPSA) is 63.6 Å². The lowest BCUT2D eigenvalue weighted by Gasteiger charge is -2.25. The van der Waals surface area contributed by atoms with Crippen LogP contribution in [-0.4, -0.2) is 22.5 Å². The van der Waals surface area contributed by atoms with Gasteiger partial charge in [-0.1, -0.05) is 62.0 Å². The van der Waals surface area contributed by atoms with Gasteiger partial charge in [-0.25, -0.2) is 4.79 Å². The van der Waals surface area contributed by atoms with E-state index in [1.54, 1.807) is 37.3 Å². The zero-order valence-electron chi connectivity index (χ0n) is 13.6. The van der Waals surface area contributed by atoms with Crippen molar-refractivity contribution in [1.29, 1.82) is 0 Å². The van der Waals surface area contributed by atoms with Gasteiger partial charge < -0.3 is 9.84 Å². The molecule has 0 aliphatic heterocycles. The Balaban J connectivity index is 2.24. The van der Waals surface area contributed by atoms with Crippen molar-refractivity contribution < 1.29 is 19.4 Å². The summed E-state index contributed by atoms with van der Waals surface area (Å²) in [4.78, 5) is 24.7. The monoisotopic (exact) mass is 324 g/mol. The summed E-state index contributed by atoms with van der Waals surface area (Å²) in [7, 11) is 0. The Morgan fingerprint density at radius 1 is 1.04 bits per heavy atom. The molecule has 0 unspecified atom stereocenters. The molecule has 2 aromatic rings. The zero-order chi connectivity index (χ0) is 17.6. The van der Waals surface area contributed by atoms with Crippen LogP contribution in [0.5, 0.6) is 5.75 Å². The van der Waals surface area contributed by atoms with Crippen LogP contribution in [0.25, 0.3) is 5.57 Å². The van der Waals surface area contributed by atoms with Crippen LogP contribution in [0.4, 0.5) is 0 Å². The number of Topliss-reactive ketones (excluding diaryl/α,β-unsaturated/α-hetero) is 1. The number of hydrogen-bond acceptors (Lipinski definition) is 4.